The molecule has 0 aromatic carbocycles. The Morgan fingerprint density at radius 3 is 2.85 bits per heavy atom. The van der Waals surface area contributed by atoms with Crippen molar-refractivity contribution in [3.05, 3.63) is 12.5 Å². The largest absolute Gasteiger partial charge is 0.339 e. The Kier molecular flexibility index (Phi) is 3.83. The maximum atomic E-state index is 12.7. The Hall–Kier alpha value is -0.920. The third-order valence-electron chi connectivity index (χ3n) is 4.38. The highest BCUT2D eigenvalue weighted by Crippen LogP contribution is 2.32. The first-order chi connectivity index (χ1) is 9.59. The zero-order chi connectivity index (χ0) is 14.2. The molecule has 7 heteroatoms. The standard InChI is InChI=1S/C13H22N4O2S/c1-16-9-13(15-10-16)20(18,19)17-7-3-5-12(17)11-4-2-6-14-8-11/h9-12,14H,2-8H2,1H3. The molecule has 2 atom stereocenters. The fraction of sp³-hybridized carbons (Fsp3) is 0.769. The molecule has 1 aromatic rings. The summed E-state index contributed by atoms with van der Waals surface area (Å²) in [5.41, 5.74) is 0. The molecule has 0 amide bonds. The third-order valence-corrected chi connectivity index (χ3v) is 6.19. The van der Waals surface area contributed by atoms with Crippen LogP contribution in [0.25, 0.3) is 0 Å². The van der Waals surface area contributed by atoms with Gasteiger partial charge in [-0.15, -0.1) is 0 Å². The third kappa shape index (κ3) is 2.49. The minimum atomic E-state index is -3.44. The van der Waals surface area contributed by atoms with Crippen molar-refractivity contribution in [3.63, 3.8) is 0 Å². The Labute approximate surface area is 120 Å². The van der Waals surface area contributed by atoms with Gasteiger partial charge in [0.15, 0.2) is 5.03 Å². The van der Waals surface area contributed by atoms with Crippen molar-refractivity contribution in [1.82, 2.24) is 19.2 Å². The SMILES string of the molecule is Cn1cnc(S(=O)(=O)N2CCCC2C2CCCNC2)c1. The van der Waals surface area contributed by atoms with E-state index in [4.69, 9.17) is 0 Å². The van der Waals surface area contributed by atoms with E-state index >= 15 is 0 Å². The summed E-state index contributed by atoms with van der Waals surface area (Å²) in [5, 5.41) is 3.56. The van der Waals surface area contributed by atoms with Crippen molar-refractivity contribution < 1.29 is 8.42 Å². The molecule has 2 unspecified atom stereocenters. The van der Waals surface area contributed by atoms with E-state index in [1.54, 1.807) is 28.4 Å². The lowest BCUT2D eigenvalue weighted by Gasteiger charge is -2.33. The highest BCUT2D eigenvalue weighted by molar-refractivity contribution is 7.89. The Bertz CT molecular complexity index is 563. The van der Waals surface area contributed by atoms with Gasteiger partial charge in [-0.05, 0) is 44.7 Å². The number of aromatic nitrogens is 2. The number of aryl methyl sites for hydroxylation is 1. The van der Waals surface area contributed by atoms with Crippen LogP contribution in [-0.2, 0) is 17.1 Å². The number of hydrogen-bond acceptors (Lipinski definition) is 4. The minimum absolute atomic E-state index is 0.134. The maximum Gasteiger partial charge on any atom is 0.262 e. The Balaban J connectivity index is 1.84. The average Bonchev–Trinajstić information content (AvgIpc) is 3.08. The van der Waals surface area contributed by atoms with E-state index in [0.29, 0.717) is 12.5 Å². The second kappa shape index (κ2) is 5.46. The van der Waals surface area contributed by atoms with E-state index in [1.165, 1.54) is 0 Å². The van der Waals surface area contributed by atoms with Crippen LogP contribution in [0.1, 0.15) is 25.7 Å². The lowest BCUT2D eigenvalue weighted by Crippen LogP contribution is -2.45. The number of nitrogens with one attached hydrogen (secondary N) is 1. The van der Waals surface area contributed by atoms with Crippen molar-refractivity contribution in [1.29, 1.82) is 0 Å². The molecule has 2 aliphatic rings. The van der Waals surface area contributed by atoms with Crippen molar-refractivity contribution >= 4 is 10.0 Å². The summed E-state index contributed by atoms with van der Waals surface area (Å²) < 4.78 is 28.8. The van der Waals surface area contributed by atoms with Gasteiger partial charge in [-0.1, -0.05) is 0 Å². The van der Waals surface area contributed by atoms with E-state index in [9.17, 15) is 8.42 Å². The number of nitrogens with zero attached hydrogens (tertiary/aromatic N) is 3. The lowest BCUT2D eigenvalue weighted by molar-refractivity contribution is 0.238. The summed E-state index contributed by atoms with van der Waals surface area (Å²) in [5.74, 6) is 0.435. The first kappa shape index (κ1) is 14.0. The molecular weight excluding hydrogens is 276 g/mol. The maximum absolute atomic E-state index is 12.7. The molecule has 0 spiro atoms. The van der Waals surface area contributed by atoms with Gasteiger partial charge >= 0.3 is 0 Å². The van der Waals surface area contributed by atoms with Gasteiger partial charge in [0, 0.05) is 25.8 Å². The predicted octanol–water partition coefficient (Wildman–Crippen LogP) is 0.573. The molecule has 2 fully saturated rings. The second-order valence-corrected chi connectivity index (χ2v) is 7.65. The molecule has 6 nitrogen and oxygen atoms in total. The fourth-order valence-corrected chi connectivity index (χ4v) is 5.11. The van der Waals surface area contributed by atoms with E-state index in [0.717, 1.165) is 38.8 Å². The van der Waals surface area contributed by atoms with Gasteiger partial charge in [-0.2, -0.15) is 4.31 Å². The first-order valence-corrected chi connectivity index (χ1v) is 8.73. The van der Waals surface area contributed by atoms with Crippen molar-refractivity contribution in [2.75, 3.05) is 19.6 Å². The van der Waals surface area contributed by atoms with Crippen LogP contribution in [0.3, 0.4) is 0 Å². The molecule has 2 saturated heterocycles. The molecule has 0 saturated carbocycles. The van der Waals surface area contributed by atoms with Crippen LogP contribution in [-0.4, -0.2) is 48.0 Å². The molecule has 2 aliphatic heterocycles. The summed E-state index contributed by atoms with van der Waals surface area (Å²) >= 11 is 0. The number of imidazole rings is 1. The van der Waals surface area contributed by atoms with Gasteiger partial charge in [0.05, 0.1) is 6.33 Å². The molecule has 3 heterocycles. The minimum Gasteiger partial charge on any atom is -0.339 e. The van der Waals surface area contributed by atoms with E-state index in [1.807, 2.05) is 0 Å². The summed E-state index contributed by atoms with van der Waals surface area (Å²) in [7, 11) is -1.65. The quantitative estimate of drug-likeness (QED) is 0.886. The van der Waals surface area contributed by atoms with Gasteiger partial charge in [0.2, 0.25) is 0 Å². The number of rotatable bonds is 3. The van der Waals surface area contributed by atoms with Crippen LogP contribution in [0, 0.1) is 5.92 Å². The average molecular weight is 298 g/mol. The van der Waals surface area contributed by atoms with Crippen LogP contribution < -0.4 is 5.32 Å². The second-order valence-electron chi connectivity index (χ2n) is 5.81. The van der Waals surface area contributed by atoms with E-state index < -0.39 is 10.0 Å². The highest BCUT2D eigenvalue weighted by atomic mass is 32.2. The molecule has 0 aliphatic carbocycles. The summed E-state index contributed by atoms with van der Waals surface area (Å²) in [4.78, 5) is 4.03. The smallest absolute Gasteiger partial charge is 0.262 e. The van der Waals surface area contributed by atoms with Crippen LogP contribution >= 0.6 is 0 Å². The summed E-state index contributed by atoms with van der Waals surface area (Å²) in [6.45, 7) is 2.61. The topological polar surface area (TPSA) is 67.2 Å². The van der Waals surface area contributed by atoms with Gasteiger partial charge in [-0.3, -0.25) is 0 Å². The summed E-state index contributed by atoms with van der Waals surface area (Å²) in [6, 6.07) is 0.134. The molecule has 1 N–H and O–H groups in total. The molecule has 0 radical (unpaired) electrons. The highest BCUT2D eigenvalue weighted by Gasteiger charge is 2.40. The van der Waals surface area contributed by atoms with Crippen LogP contribution in [0.2, 0.25) is 0 Å². The Morgan fingerprint density at radius 2 is 2.20 bits per heavy atom. The number of sulfonamides is 1. The van der Waals surface area contributed by atoms with Gasteiger partial charge in [0.25, 0.3) is 10.0 Å². The molecule has 1 aromatic heterocycles. The molecular formula is C13H22N4O2S. The van der Waals surface area contributed by atoms with Crippen molar-refractivity contribution in [2.24, 2.45) is 13.0 Å². The molecule has 112 valence electrons. The zero-order valence-corrected chi connectivity index (χ0v) is 12.6. The van der Waals surface area contributed by atoms with E-state index in [-0.39, 0.29) is 11.1 Å². The monoisotopic (exact) mass is 298 g/mol. The van der Waals surface area contributed by atoms with Gasteiger partial charge in [-0.25, -0.2) is 13.4 Å². The summed E-state index contributed by atoms with van der Waals surface area (Å²) in [6.07, 6.45) is 7.31. The normalized spacial score (nSPS) is 28.9. The predicted molar refractivity (Wildman–Crippen MR) is 75.7 cm³/mol. The molecule has 20 heavy (non-hydrogen) atoms. The van der Waals surface area contributed by atoms with Crippen molar-refractivity contribution in [3.8, 4) is 0 Å². The number of piperidine rings is 1. The zero-order valence-electron chi connectivity index (χ0n) is 11.8. The lowest BCUT2D eigenvalue weighted by atomic mass is 9.91. The molecule has 3 rings (SSSR count). The van der Waals surface area contributed by atoms with Crippen molar-refractivity contribution in [2.45, 2.75) is 36.8 Å². The molecule has 0 bridgehead atoms. The van der Waals surface area contributed by atoms with Crippen LogP contribution in [0.15, 0.2) is 17.6 Å². The van der Waals surface area contributed by atoms with Crippen LogP contribution in [0.4, 0.5) is 0 Å². The Morgan fingerprint density at radius 1 is 1.35 bits per heavy atom. The van der Waals surface area contributed by atoms with Gasteiger partial charge < -0.3 is 9.88 Å². The first-order valence-electron chi connectivity index (χ1n) is 7.29. The van der Waals surface area contributed by atoms with Gasteiger partial charge in [0.1, 0.15) is 0 Å². The van der Waals surface area contributed by atoms with Crippen LogP contribution in [0.5, 0.6) is 0 Å². The fourth-order valence-electron chi connectivity index (χ4n) is 3.38. The van der Waals surface area contributed by atoms with E-state index in [2.05, 4.69) is 10.3 Å². The number of hydrogen-bond donors (Lipinski definition) is 1.